The Hall–Kier alpha value is -1.19. The maximum Gasteiger partial charge on any atom is 0.421 e. The van der Waals surface area contributed by atoms with E-state index < -0.39 is 22.1 Å². The predicted molar refractivity (Wildman–Crippen MR) is 65.4 cm³/mol. The molecular weight excluding hydrogens is 331 g/mol. The zero-order valence-corrected chi connectivity index (χ0v) is 11.6. The van der Waals surface area contributed by atoms with Crippen LogP contribution in [-0.4, -0.2) is 21.6 Å². The van der Waals surface area contributed by atoms with Crippen LogP contribution in [0.15, 0.2) is 22.7 Å². The van der Waals surface area contributed by atoms with Crippen molar-refractivity contribution in [1.82, 2.24) is 9.44 Å². The number of benzene rings is 1. The highest BCUT2D eigenvalue weighted by Gasteiger charge is 2.14. The normalized spacial score (nSPS) is 11.1. The van der Waals surface area contributed by atoms with Crippen LogP contribution in [0.3, 0.4) is 0 Å². The Bertz CT molecular complexity index is 549. The second kappa shape index (κ2) is 6.12. The van der Waals surface area contributed by atoms with Crippen molar-refractivity contribution in [3.63, 3.8) is 0 Å². The monoisotopic (exact) mass is 340 g/mol. The number of ether oxygens (including phenoxy) is 1. The average Bonchev–Trinajstić information content (AvgIpc) is 2.30. The van der Waals surface area contributed by atoms with Crippen molar-refractivity contribution in [1.29, 1.82) is 0 Å². The molecule has 0 spiro atoms. The minimum Gasteiger partial charge on any atom is -0.452 e. The molecule has 9 heteroatoms. The third-order valence-corrected chi connectivity index (χ3v) is 3.32. The van der Waals surface area contributed by atoms with Crippen molar-refractivity contribution in [3.8, 4) is 0 Å². The summed E-state index contributed by atoms with van der Waals surface area (Å²) in [7, 11) is -3.05. The molecule has 1 rings (SSSR count). The Morgan fingerprint density at radius 1 is 1.50 bits per heavy atom. The minimum absolute atomic E-state index is 0.139. The first-order chi connectivity index (χ1) is 8.34. The van der Waals surface area contributed by atoms with E-state index in [-0.39, 0.29) is 12.1 Å². The van der Waals surface area contributed by atoms with Crippen molar-refractivity contribution in [2.75, 3.05) is 7.11 Å². The zero-order chi connectivity index (χ0) is 13.8. The van der Waals surface area contributed by atoms with Gasteiger partial charge in [0.15, 0.2) is 0 Å². The van der Waals surface area contributed by atoms with Crippen LogP contribution in [0.4, 0.5) is 9.18 Å². The van der Waals surface area contributed by atoms with Crippen LogP contribution >= 0.6 is 15.9 Å². The first-order valence-electron chi connectivity index (χ1n) is 4.63. The molecule has 0 aliphatic rings. The van der Waals surface area contributed by atoms with Crippen LogP contribution in [0.25, 0.3) is 0 Å². The van der Waals surface area contributed by atoms with Gasteiger partial charge >= 0.3 is 16.3 Å². The second-order valence-corrected chi connectivity index (χ2v) is 5.57. The van der Waals surface area contributed by atoms with Gasteiger partial charge in [-0.2, -0.15) is 13.1 Å². The number of carbonyl (C=O) groups excluding carboxylic acids is 1. The molecule has 18 heavy (non-hydrogen) atoms. The minimum atomic E-state index is -4.08. The van der Waals surface area contributed by atoms with Gasteiger partial charge in [-0.25, -0.2) is 13.9 Å². The third-order valence-electron chi connectivity index (χ3n) is 1.86. The first kappa shape index (κ1) is 14.9. The fourth-order valence-corrected chi connectivity index (χ4v) is 2.17. The molecule has 0 aliphatic heterocycles. The highest BCUT2D eigenvalue weighted by molar-refractivity contribution is 9.10. The number of carbonyl (C=O) groups is 1. The molecule has 0 bridgehead atoms. The summed E-state index contributed by atoms with van der Waals surface area (Å²) in [5.74, 6) is -0.557. The Kier molecular flexibility index (Phi) is 5.05. The van der Waals surface area contributed by atoms with E-state index in [1.165, 1.54) is 18.2 Å². The molecule has 0 radical (unpaired) electrons. The lowest BCUT2D eigenvalue weighted by molar-refractivity contribution is 0.177. The highest BCUT2D eigenvalue weighted by atomic mass is 79.9. The topological polar surface area (TPSA) is 84.5 Å². The van der Waals surface area contributed by atoms with E-state index in [1.807, 2.05) is 4.72 Å². The Balaban J connectivity index is 2.70. The fraction of sp³-hybridized carbons (Fsp3) is 0.222. The van der Waals surface area contributed by atoms with Crippen molar-refractivity contribution in [2.45, 2.75) is 6.54 Å². The van der Waals surface area contributed by atoms with Crippen LogP contribution in [0, 0.1) is 5.82 Å². The Morgan fingerprint density at radius 2 is 2.17 bits per heavy atom. The molecule has 0 saturated carbocycles. The summed E-state index contributed by atoms with van der Waals surface area (Å²) in [4.78, 5) is 10.7. The molecule has 0 heterocycles. The van der Waals surface area contributed by atoms with Crippen LogP contribution in [0.1, 0.15) is 5.56 Å². The number of nitrogens with one attached hydrogen (secondary N) is 2. The molecular formula is C9H10BrFN2O4S. The quantitative estimate of drug-likeness (QED) is 0.864. The van der Waals surface area contributed by atoms with E-state index in [0.717, 1.165) is 7.11 Å². The van der Waals surface area contributed by atoms with Crippen molar-refractivity contribution < 1.29 is 22.3 Å². The third kappa shape index (κ3) is 4.59. The molecule has 0 fully saturated rings. The SMILES string of the molecule is COC(=O)NS(=O)(=O)NCc1cc(Br)ccc1F. The number of methoxy groups -OCH3 is 1. The molecule has 1 aromatic carbocycles. The second-order valence-electron chi connectivity index (χ2n) is 3.15. The van der Waals surface area contributed by atoms with Crippen molar-refractivity contribution in [2.24, 2.45) is 0 Å². The molecule has 1 amide bonds. The van der Waals surface area contributed by atoms with E-state index in [4.69, 9.17) is 0 Å². The number of amides is 1. The van der Waals surface area contributed by atoms with Gasteiger partial charge in [0.2, 0.25) is 0 Å². The zero-order valence-electron chi connectivity index (χ0n) is 9.24. The van der Waals surface area contributed by atoms with Crippen molar-refractivity contribution in [3.05, 3.63) is 34.1 Å². The summed E-state index contributed by atoms with van der Waals surface area (Å²) < 4.78 is 44.3. The number of rotatable bonds is 4. The lowest BCUT2D eigenvalue weighted by Gasteiger charge is -2.08. The first-order valence-corrected chi connectivity index (χ1v) is 6.91. The summed E-state index contributed by atoms with van der Waals surface area (Å²) in [5.41, 5.74) is 0.139. The highest BCUT2D eigenvalue weighted by Crippen LogP contribution is 2.15. The molecule has 6 nitrogen and oxygen atoms in total. The van der Waals surface area contributed by atoms with Gasteiger partial charge in [0.05, 0.1) is 7.11 Å². The summed E-state index contributed by atoms with van der Waals surface area (Å²) in [6.07, 6.45) is -1.13. The Labute approximate surface area is 112 Å². The average molecular weight is 341 g/mol. The molecule has 0 unspecified atom stereocenters. The van der Waals surface area contributed by atoms with Gasteiger partial charge in [-0.05, 0) is 18.2 Å². The molecule has 0 saturated heterocycles. The number of halogens is 2. The largest absolute Gasteiger partial charge is 0.452 e. The molecule has 2 N–H and O–H groups in total. The standard InChI is InChI=1S/C9H10BrFN2O4S/c1-17-9(14)13-18(15,16)12-5-6-4-7(10)2-3-8(6)11/h2-4,12H,5H2,1H3,(H,13,14). The summed E-state index contributed by atoms with van der Waals surface area (Å²) in [5, 5.41) is 0. The van der Waals surface area contributed by atoms with Gasteiger partial charge in [-0.1, -0.05) is 15.9 Å². The maximum atomic E-state index is 13.3. The van der Waals surface area contributed by atoms with E-state index in [9.17, 15) is 17.6 Å². The van der Waals surface area contributed by atoms with E-state index >= 15 is 0 Å². The lowest BCUT2D eigenvalue weighted by Crippen LogP contribution is -2.39. The molecule has 0 atom stereocenters. The van der Waals surface area contributed by atoms with Crippen LogP contribution < -0.4 is 9.44 Å². The smallest absolute Gasteiger partial charge is 0.421 e. The van der Waals surface area contributed by atoms with E-state index in [0.29, 0.717) is 4.47 Å². The fourth-order valence-electron chi connectivity index (χ4n) is 1.04. The summed E-state index contributed by atoms with van der Waals surface area (Å²) >= 11 is 3.13. The number of hydrogen-bond donors (Lipinski definition) is 2. The molecule has 0 aliphatic carbocycles. The van der Waals surface area contributed by atoms with Crippen LogP contribution in [0.5, 0.6) is 0 Å². The number of hydrogen-bond acceptors (Lipinski definition) is 4. The van der Waals surface area contributed by atoms with Gasteiger partial charge in [0.1, 0.15) is 5.82 Å². The molecule has 1 aromatic rings. The van der Waals surface area contributed by atoms with Gasteiger partial charge in [0, 0.05) is 16.6 Å². The van der Waals surface area contributed by atoms with Gasteiger partial charge in [0.25, 0.3) is 0 Å². The van der Waals surface area contributed by atoms with Gasteiger partial charge < -0.3 is 4.74 Å². The van der Waals surface area contributed by atoms with E-state index in [1.54, 1.807) is 4.72 Å². The summed E-state index contributed by atoms with van der Waals surface area (Å²) in [6, 6.07) is 4.11. The summed E-state index contributed by atoms with van der Waals surface area (Å²) in [6.45, 7) is -0.294. The molecule has 0 aromatic heterocycles. The predicted octanol–water partition coefficient (Wildman–Crippen LogP) is 1.28. The van der Waals surface area contributed by atoms with Gasteiger partial charge in [-0.15, -0.1) is 0 Å². The lowest BCUT2D eigenvalue weighted by atomic mass is 10.2. The van der Waals surface area contributed by atoms with Gasteiger partial charge in [-0.3, -0.25) is 0 Å². The Morgan fingerprint density at radius 3 is 2.78 bits per heavy atom. The van der Waals surface area contributed by atoms with Crippen LogP contribution in [0.2, 0.25) is 0 Å². The molecule has 100 valence electrons. The van der Waals surface area contributed by atoms with E-state index in [2.05, 4.69) is 20.7 Å². The van der Waals surface area contributed by atoms with Crippen molar-refractivity contribution >= 4 is 32.2 Å². The maximum absolute atomic E-state index is 13.3. The van der Waals surface area contributed by atoms with Crippen LogP contribution in [-0.2, 0) is 21.5 Å².